The van der Waals surface area contributed by atoms with Crippen LogP contribution in [0.1, 0.15) is 30.4 Å². The van der Waals surface area contributed by atoms with Crippen LogP contribution >= 0.6 is 0 Å². The molecule has 2 bridgehead atoms. The predicted octanol–water partition coefficient (Wildman–Crippen LogP) is 1.72. The van der Waals surface area contributed by atoms with Gasteiger partial charge >= 0.3 is 0 Å². The van der Waals surface area contributed by atoms with Crippen molar-refractivity contribution in [1.82, 2.24) is 4.90 Å². The number of ether oxygens (including phenoxy) is 3. The number of nitrogens with zero attached hydrogens (tertiary/aromatic N) is 1. The highest BCUT2D eigenvalue weighted by Gasteiger charge is 2.76. The molecule has 2 heterocycles. The summed E-state index contributed by atoms with van der Waals surface area (Å²) in [4.78, 5) is 2.33. The fourth-order valence-corrected chi connectivity index (χ4v) is 6.47. The maximum absolute atomic E-state index is 12.2. The summed E-state index contributed by atoms with van der Waals surface area (Å²) in [6.07, 6.45) is 3.94. The summed E-state index contributed by atoms with van der Waals surface area (Å²) in [6, 6.07) is 3.65. The lowest BCUT2D eigenvalue weighted by Crippen LogP contribution is -2.79. The first-order valence-electron chi connectivity index (χ1n) is 9.67. The van der Waals surface area contributed by atoms with Crippen LogP contribution in [0, 0.1) is 0 Å². The number of likely N-dealkylation sites (tertiary alicyclic amines) is 1. The third-order valence-electron chi connectivity index (χ3n) is 7.63. The Morgan fingerprint density at radius 3 is 2.78 bits per heavy atom. The zero-order valence-corrected chi connectivity index (χ0v) is 15.9. The van der Waals surface area contributed by atoms with Crippen molar-refractivity contribution in [1.29, 1.82) is 0 Å². The zero-order chi connectivity index (χ0) is 19.0. The second-order valence-corrected chi connectivity index (χ2v) is 8.32. The van der Waals surface area contributed by atoms with Crippen molar-refractivity contribution < 1.29 is 24.4 Å². The molecule has 4 atom stereocenters. The van der Waals surface area contributed by atoms with Crippen molar-refractivity contribution in [3.05, 3.63) is 35.9 Å². The summed E-state index contributed by atoms with van der Waals surface area (Å²) in [6.45, 7) is 5.47. The second kappa shape index (κ2) is 5.47. The summed E-state index contributed by atoms with van der Waals surface area (Å²) >= 11 is 0. The molecule has 6 heteroatoms. The number of hydrogen-bond donors (Lipinski definition) is 2. The van der Waals surface area contributed by atoms with Gasteiger partial charge in [-0.2, -0.15) is 0 Å². The molecule has 1 spiro atoms. The van der Waals surface area contributed by atoms with Gasteiger partial charge in [0.2, 0.25) is 5.79 Å². The van der Waals surface area contributed by atoms with E-state index in [4.69, 9.17) is 14.2 Å². The second-order valence-electron chi connectivity index (χ2n) is 8.32. The molecule has 1 saturated carbocycles. The van der Waals surface area contributed by atoms with Crippen molar-refractivity contribution in [2.24, 2.45) is 0 Å². The van der Waals surface area contributed by atoms with Crippen LogP contribution in [-0.4, -0.2) is 66.0 Å². The Balaban J connectivity index is 1.78. The smallest absolute Gasteiger partial charge is 0.206 e. The van der Waals surface area contributed by atoms with E-state index in [1.165, 1.54) is 0 Å². The van der Waals surface area contributed by atoms with E-state index in [2.05, 4.69) is 11.5 Å². The first-order chi connectivity index (χ1) is 13.0. The van der Waals surface area contributed by atoms with E-state index in [-0.39, 0.29) is 11.8 Å². The maximum atomic E-state index is 12.2. The van der Waals surface area contributed by atoms with E-state index in [9.17, 15) is 10.2 Å². The SMILES string of the molecule is C=CCN1CC[C@]23c4c5ccc(O)c4O[C@H]2C(OC)(OC)CC[C@@]3(O)[C@H]1C5. The number of methoxy groups -OCH3 is 2. The number of piperidine rings is 1. The van der Waals surface area contributed by atoms with E-state index in [0.29, 0.717) is 18.6 Å². The van der Waals surface area contributed by atoms with Crippen LogP contribution in [0.4, 0.5) is 0 Å². The van der Waals surface area contributed by atoms with Crippen molar-refractivity contribution in [2.45, 2.75) is 54.6 Å². The minimum Gasteiger partial charge on any atom is -0.504 e. The van der Waals surface area contributed by atoms with Crippen molar-refractivity contribution in [3.63, 3.8) is 0 Å². The molecule has 5 rings (SSSR count). The number of hydrogen-bond acceptors (Lipinski definition) is 6. The van der Waals surface area contributed by atoms with Gasteiger partial charge in [-0.15, -0.1) is 6.58 Å². The lowest BCUT2D eigenvalue weighted by Gasteiger charge is -2.65. The molecule has 27 heavy (non-hydrogen) atoms. The molecular formula is C21H27NO5. The van der Waals surface area contributed by atoms with Crippen LogP contribution in [-0.2, 0) is 21.3 Å². The third-order valence-corrected chi connectivity index (χ3v) is 7.63. The molecule has 2 fully saturated rings. The molecule has 0 aromatic heterocycles. The minimum absolute atomic E-state index is 0.0231. The highest BCUT2D eigenvalue weighted by Crippen LogP contribution is 2.67. The molecule has 1 aromatic carbocycles. The average Bonchev–Trinajstić information content (AvgIpc) is 3.03. The fraction of sp³-hybridized carbons (Fsp3) is 0.619. The van der Waals surface area contributed by atoms with Gasteiger partial charge in [0.05, 0.1) is 11.0 Å². The molecule has 2 N–H and O–H groups in total. The molecule has 4 aliphatic rings. The number of aliphatic hydroxyl groups is 1. The van der Waals surface area contributed by atoms with Crippen molar-refractivity contribution in [2.75, 3.05) is 27.3 Å². The van der Waals surface area contributed by atoms with Crippen LogP contribution in [0.5, 0.6) is 11.5 Å². The van der Waals surface area contributed by atoms with E-state index in [1.807, 2.05) is 12.1 Å². The third kappa shape index (κ3) is 1.80. The summed E-state index contributed by atoms with van der Waals surface area (Å²) in [5, 5.41) is 22.7. The van der Waals surface area contributed by atoms with Gasteiger partial charge in [-0.3, -0.25) is 4.90 Å². The van der Waals surface area contributed by atoms with Crippen LogP contribution < -0.4 is 4.74 Å². The van der Waals surface area contributed by atoms with E-state index in [1.54, 1.807) is 20.3 Å². The van der Waals surface area contributed by atoms with Gasteiger partial charge in [-0.05, 0) is 37.4 Å². The number of phenols is 1. The summed E-state index contributed by atoms with van der Waals surface area (Å²) in [5.41, 5.74) is 0.478. The Labute approximate surface area is 159 Å². The molecule has 0 amide bonds. The van der Waals surface area contributed by atoms with Crippen LogP contribution in [0.25, 0.3) is 0 Å². The van der Waals surface area contributed by atoms with Crippen LogP contribution in [0.3, 0.4) is 0 Å². The predicted molar refractivity (Wildman–Crippen MR) is 99.0 cm³/mol. The molecule has 0 unspecified atom stereocenters. The molecular weight excluding hydrogens is 346 g/mol. The highest BCUT2D eigenvalue weighted by molar-refractivity contribution is 5.62. The Hall–Kier alpha value is -1.60. The molecule has 6 nitrogen and oxygen atoms in total. The van der Waals surface area contributed by atoms with E-state index in [0.717, 1.165) is 37.1 Å². The monoisotopic (exact) mass is 373 g/mol. The first kappa shape index (κ1) is 17.5. The van der Waals surface area contributed by atoms with Gasteiger partial charge in [0.1, 0.15) is 0 Å². The zero-order valence-electron chi connectivity index (χ0n) is 15.9. The maximum Gasteiger partial charge on any atom is 0.206 e. The highest BCUT2D eigenvalue weighted by atomic mass is 16.7. The molecule has 2 aliphatic heterocycles. The summed E-state index contributed by atoms with van der Waals surface area (Å²) in [7, 11) is 3.26. The number of aromatic hydroxyl groups is 1. The largest absolute Gasteiger partial charge is 0.504 e. The lowest BCUT2D eigenvalue weighted by atomic mass is 9.48. The van der Waals surface area contributed by atoms with E-state index >= 15 is 0 Å². The van der Waals surface area contributed by atoms with Crippen molar-refractivity contribution in [3.8, 4) is 11.5 Å². The number of rotatable bonds is 4. The number of phenolic OH excluding ortho intramolecular Hbond substituents is 1. The van der Waals surface area contributed by atoms with E-state index < -0.39 is 22.9 Å². The Morgan fingerprint density at radius 2 is 2.07 bits per heavy atom. The van der Waals surface area contributed by atoms with Crippen molar-refractivity contribution >= 4 is 0 Å². The lowest BCUT2D eigenvalue weighted by molar-refractivity contribution is -0.319. The molecule has 1 aromatic rings. The van der Waals surface area contributed by atoms with Gasteiger partial charge in [0.15, 0.2) is 17.6 Å². The topological polar surface area (TPSA) is 71.4 Å². The average molecular weight is 373 g/mol. The van der Waals surface area contributed by atoms with Gasteiger partial charge in [0.25, 0.3) is 0 Å². The number of benzene rings is 1. The molecule has 0 radical (unpaired) electrons. The van der Waals surface area contributed by atoms with Gasteiger partial charge < -0.3 is 24.4 Å². The molecule has 146 valence electrons. The fourth-order valence-electron chi connectivity index (χ4n) is 6.47. The first-order valence-corrected chi connectivity index (χ1v) is 9.67. The summed E-state index contributed by atoms with van der Waals surface area (Å²) < 4.78 is 18.1. The van der Waals surface area contributed by atoms with Gasteiger partial charge in [0, 0.05) is 38.8 Å². The van der Waals surface area contributed by atoms with Crippen LogP contribution in [0.15, 0.2) is 24.8 Å². The van der Waals surface area contributed by atoms with Crippen LogP contribution in [0.2, 0.25) is 0 Å². The Kier molecular flexibility index (Phi) is 3.55. The van der Waals surface area contributed by atoms with Gasteiger partial charge in [-0.25, -0.2) is 0 Å². The minimum atomic E-state index is -0.967. The Morgan fingerprint density at radius 1 is 1.30 bits per heavy atom. The standard InChI is InChI=1S/C21H27NO5/c1-4-10-22-11-9-19-16-13-5-6-14(23)17(16)27-18(19)21(25-2,26-3)8-7-20(19,24)15(22)12-13/h4-6,15,18,23-24H,1,7-12H2,2-3H3/t15-,18-,19+,20-/m1/s1. The quantitative estimate of drug-likeness (QED) is 0.619. The molecule has 2 aliphatic carbocycles. The van der Waals surface area contributed by atoms with Gasteiger partial charge in [-0.1, -0.05) is 12.1 Å². The summed E-state index contributed by atoms with van der Waals surface area (Å²) in [5.74, 6) is -0.336. The normalized spacial score (nSPS) is 38.2. The molecule has 1 saturated heterocycles. The Bertz CT molecular complexity index is 806.